The molecule has 2 unspecified atom stereocenters. The quantitative estimate of drug-likeness (QED) is 0.212. The zero-order valence-corrected chi connectivity index (χ0v) is 20.8. The fourth-order valence-electron chi connectivity index (χ4n) is 3.87. The van der Waals surface area contributed by atoms with Crippen molar-refractivity contribution < 1.29 is 18.7 Å². The number of carbonyl (C=O) groups excluding carboxylic acids is 1. The first-order valence-corrected chi connectivity index (χ1v) is 14.2. The molecule has 0 saturated heterocycles. The number of anilines is 1. The molecule has 7 nitrogen and oxygen atoms in total. The van der Waals surface area contributed by atoms with Crippen molar-refractivity contribution in [2.45, 2.75) is 32.5 Å². The standard InChI is InChI=1S/C21H24BIN3O4P/c1-13(2)29-15-12-24-20-17-16(15)18(14-8-5-4-6-9-14)30-22-19(17)26(21(27)25(20)3)10-7-11-28-31-23/h4-6,8-9,12-13,18,31H,7,10-11H2,1-3H3. The van der Waals surface area contributed by atoms with Crippen molar-refractivity contribution in [2.75, 3.05) is 25.1 Å². The number of halogens is 1. The SMILES string of the molecule is CC(C)Oc1cnc2c3c1C(c1ccccc1)OB=C3N(CCCOPI)C(=O)N2C. The topological polar surface area (TPSA) is 64.1 Å². The Morgan fingerprint density at radius 3 is 2.81 bits per heavy atom. The van der Waals surface area contributed by atoms with Gasteiger partial charge in [-0.2, -0.15) is 0 Å². The van der Waals surface area contributed by atoms with Gasteiger partial charge in [-0.15, -0.1) is 0 Å². The van der Waals surface area contributed by atoms with E-state index in [2.05, 4.69) is 27.0 Å². The Morgan fingerprint density at radius 2 is 2.10 bits per heavy atom. The van der Waals surface area contributed by atoms with E-state index in [1.807, 2.05) is 44.2 Å². The number of amides is 2. The average molecular weight is 551 g/mol. The number of urea groups is 1. The van der Waals surface area contributed by atoms with Gasteiger partial charge in [0, 0.05) is 0 Å². The van der Waals surface area contributed by atoms with Gasteiger partial charge in [-0.1, -0.05) is 0 Å². The molecule has 2 atom stereocenters. The predicted octanol–water partition coefficient (Wildman–Crippen LogP) is 4.31. The molecule has 0 saturated carbocycles. The van der Waals surface area contributed by atoms with E-state index >= 15 is 0 Å². The summed E-state index contributed by atoms with van der Waals surface area (Å²) in [4.78, 5) is 21.1. The van der Waals surface area contributed by atoms with E-state index in [0.29, 0.717) is 31.2 Å². The molecule has 2 amide bonds. The van der Waals surface area contributed by atoms with Crippen LogP contribution in [0.25, 0.3) is 0 Å². The molecule has 10 heteroatoms. The number of benzene rings is 1. The second kappa shape index (κ2) is 9.84. The Hall–Kier alpha value is -1.71. The van der Waals surface area contributed by atoms with Crippen LogP contribution in [0.3, 0.4) is 0 Å². The van der Waals surface area contributed by atoms with E-state index in [1.165, 1.54) is 0 Å². The van der Waals surface area contributed by atoms with Gasteiger partial charge in [0.2, 0.25) is 0 Å². The van der Waals surface area contributed by atoms with Gasteiger partial charge in [-0.3, -0.25) is 0 Å². The Bertz CT molecular complexity index is 992. The van der Waals surface area contributed by atoms with Crippen molar-refractivity contribution in [3.63, 3.8) is 0 Å². The van der Waals surface area contributed by atoms with Crippen LogP contribution in [0.15, 0.2) is 36.5 Å². The molecule has 1 aromatic heterocycles. The van der Waals surface area contributed by atoms with Crippen LogP contribution < -0.4 is 9.64 Å². The summed E-state index contributed by atoms with van der Waals surface area (Å²) in [6, 6.07) is 9.90. The number of aromatic nitrogens is 1. The van der Waals surface area contributed by atoms with Crippen molar-refractivity contribution in [1.29, 1.82) is 0 Å². The van der Waals surface area contributed by atoms with Gasteiger partial charge >= 0.3 is 198 Å². The first-order valence-electron chi connectivity index (χ1n) is 10.2. The second-order valence-electron chi connectivity index (χ2n) is 7.60. The van der Waals surface area contributed by atoms with Crippen LogP contribution in [0, 0.1) is 0 Å². The summed E-state index contributed by atoms with van der Waals surface area (Å²) >= 11 is 2.20. The van der Waals surface area contributed by atoms with E-state index in [0.717, 1.165) is 28.7 Å². The summed E-state index contributed by atoms with van der Waals surface area (Å²) in [7, 11) is 3.45. The number of ether oxygens (including phenoxy) is 1. The molecule has 2 aliphatic rings. The van der Waals surface area contributed by atoms with Gasteiger partial charge < -0.3 is 0 Å². The van der Waals surface area contributed by atoms with Crippen LogP contribution in [0.4, 0.5) is 10.6 Å². The molecular formula is C21H24BIN3O4P. The molecule has 0 N–H and O–H groups in total. The third kappa shape index (κ3) is 4.45. The summed E-state index contributed by atoms with van der Waals surface area (Å²) < 4.78 is 17.8. The molecule has 2 aromatic rings. The van der Waals surface area contributed by atoms with Crippen molar-refractivity contribution in [1.82, 2.24) is 9.88 Å². The summed E-state index contributed by atoms with van der Waals surface area (Å²) in [5.74, 6) is 1.29. The number of carbonyl (C=O) groups is 1. The molecule has 0 bridgehead atoms. The molecule has 3 heterocycles. The summed E-state index contributed by atoms with van der Waals surface area (Å²) in [6.45, 7) is 5.51. The Kier molecular flexibility index (Phi) is 7.13. The monoisotopic (exact) mass is 551 g/mol. The predicted molar refractivity (Wildman–Crippen MR) is 133 cm³/mol. The van der Waals surface area contributed by atoms with Crippen molar-refractivity contribution in [2.24, 2.45) is 0 Å². The van der Waals surface area contributed by atoms with Crippen LogP contribution >= 0.6 is 28.5 Å². The van der Waals surface area contributed by atoms with Gasteiger partial charge in [0.15, 0.2) is 0 Å². The van der Waals surface area contributed by atoms with Crippen molar-refractivity contribution >= 4 is 53.1 Å². The third-order valence-electron chi connectivity index (χ3n) is 5.17. The first kappa shape index (κ1) is 22.5. The van der Waals surface area contributed by atoms with E-state index in [-0.39, 0.29) is 18.2 Å². The van der Waals surface area contributed by atoms with Crippen molar-refractivity contribution in [3.8, 4) is 5.75 Å². The van der Waals surface area contributed by atoms with Crippen LogP contribution in [0.5, 0.6) is 5.75 Å². The third-order valence-corrected chi connectivity index (χ3v) is 6.42. The van der Waals surface area contributed by atoms with Crippen molar-refractivity contribution in [3.05, 3.63) is 53.2 Å². The van der Waals surface area contributed by atoms with Crippen LogP contribution in [-0.2, 0) is 9.18 Å². The number of rotatable bonds is 8. The second-order valence-corrected chi connectivity index (χ2v) is 9.37. The zero-order chi connectivity index (χ0) is 22.0. The number of hydrogen-bond donors (Lipinski definition) is 0. The van der Waals surface area contributed by atoms with E-state index in [4.69, 9.17) is 13.9 Å². The molecule has 162 valence electrons. The summed E-state index contributed by atoms with van der Waals surface area (Å²) in [5, 5.41) is 0. The summed E-state index contributed by atoms with van der Waals surface area (Å²) in [5.41, 5.74) is 3.52. The maximum absolute atomic E-state index is 13.1. The average Bonchev–Trinajstić information content (AvgIpc) is 2.77. The molecular weight excluding hydrogens is 527 g/mol. The van der Waals surface area contributed by atoms with Crippen LogP contribution in [-0.4, -0.2) is 54.9 Å². The fraction of sp³-hybridized carbons (Fsp3) is 0.381. The van der Waals surface area contributed by atoms with E-state index in [9.17, 15) is 4.79 Å². The Labute approximate surface area is 197 Å². The fourth-order valence-corrected chi connectivity index (χ4v) is 4.75. The van der Waals surface area contributed by atoms with Gasteiger partial charge in [-0.25, -0.2) is 0 Å². The number of nitrogens with zero attached hydrogens (tertiary/aromatic N) is 3. The molecule has 1 aromatic carbocycles. The first-order chi connectivity index (χ1) is 15.0. The molecule has 0 spiro atoms. The Morgan fingerprint density at radius 1 is 1.32 bits per heavy atom. The van der Waals surface area contributed by atoms with Gasteiger partial charge in [-0.05, 0) is 0 Å². The normalized spacial score (nSPS) is 17.5. The number of hydrogen-bond acceptors (Lipinski definition) is 5. The van der Waals surface area contributed by atoms with E-state index in [1.54, 1.807) is 30.2 Å². The minimum atomic E-state index is -0.345. The maximum atomic E-state index is 13.1. The summed E-state index contributed by atoms with van der Waals surface area (Å²) in [6.07, 6.45) is 2.06. The van der Waals surface area contributed by atoms with Gasteiger partial charge in [0.1, 0.15) is 0 Å². The number of pyridine rings is 1. The van der Waals surface area contributed by atoms with Crippen LogP contribution in [0.1, 0.15) is 43.1 Å². The molecule has 4 rings (SSSR count). The van der Waals surface area contributed by atoms with Gasteiger partial charge in [0.05, 0.1) is 0 Å². The molecule has 31 heavy (non-hydrogen) atoms. The van der Waals surface area contributed by atoms with E-state index < -0.39 is 0 Å². The van der Waals surface area contributed by atoms with Crippen LogP contribution in [0.2, 0.25) is 0 Å². The Balaban J connectivity index is 1.82. The minimum absolute atomic E-state index is 0.0211. The molecule has 0 aliphatic carbocycles. The molecule has 2 aliphatic heterocycles. The van der Waals surface area contributed by atoms with Gasteiger partial charge in [0.25, 0.3) is 0 Å². The molecule has 0 fully saturated rings. The zero-order valence-electron chi connectivity index (χ0n) is 17.7. The molecule has 0 radical (unpaired) electrons.